The lowest BCUT2D eigenvalue weighted by molar-refractivity contribution is 0.0957. The number of aromatic nitrogens is 1. The van der Waals surface area contributed by atoms with Crippen LogP contribution in [-0.2, 0) is 0 Å². The van der Waals surface area contributed by atoms with Crippen molar-refractivity contribution in [2.24, 2.45) is 5.84 Å². The third-order valence-corrected chi connectivity index (χ3v) is 2.60. The van der Waals surface area contributed by atoms with E-state index in [0.29, 0.717) is 15.6 Å². The number of carbonyl (C=O) groups is 1. The number of nitrogens with zero attached hydrogens (tertiary/aromatic N) is 1. The van der Waals surface area contributed by atoms with Gasteiger partial charge in [-0.3, -0.25) is 10.2 Å². The second-order valence-electron chi connectivity index (χ2n) is 2.48. The summed E-state index contributed by atoms with van der Waals surface area (Å²) < 4.78 is 5.13. The lowest BCUT2D eigenvalue weighted by Crippen LogP contribution is -2.29. The minimum absolute atomic E-state index is 0.347. The second-order valence-corrected chi connectivity index (χ2v) is 3.51. The van der Waals surface area contributed by atoms with E-state index in [2.05, 4.69) is 4.98 Å². The van der Waals surface area contributed by atoms with E-state index in [-0.39, 0.29) is 5.91 Å². The predicted molar refractivity (Wildman–Crippen MR) is 51.5 cm³/mol. The molecule has 72 valence electrons. The molecule has 0 fully saturated rings. The molecule has 0 aromatic carbocycles. The average molecular weight is 209 g/mol. The molecule has 0 aliphatic carbocycles. The van der Waals surface area contributed by atoms with Crippen molar-refractivity contribution in [3.8, 4) is 10.8 Å². The summed E-state index contributed by atoms with van der Waals surface area (Å²) in [5, 5.41) is 0.661. The van der Waals surface area contributed by atoms with Crippen LogP contribution in [0.1, 0.15) is 9.67 Å². The van der Waals surface area contributed by atoms with Crippen LogP contribution in [0.15, 0.2) is 29.0 Å². The molecule has 3 N–H and O–H groups in total. The third-order valence-electron chi connectivity index (χ3n) is 1.59. The Labute approximate surface area is 83.5 Å². The highest BCUT2D eigenvalue weighted by Gasteiger charge is 2.11. The lowest BCUT2D eigenvalue weighted by Gasteiger charge is -1.90. The van der Waals surface area contributed by atoms with Gasteiger partial charge in [-0.25, -0.2) is 10.8 Å². The summed E-state index contributed by atoms with van der Waals surface area (Å²) in [5.74, 6) is 5.29. The van der Waals surface area contributed by atoms with Gasteiger partial charge in [-0.1, -0.05) is 0 Å². The average Bonchev–Trinajstić information content (AvgIpc) is 2.86. The van der Waals surface area contributed by atoms with Gasteiger partial charge in [-0.15, -0.1) is 11.3 Å². The van der Waals surface area contributed by atoms with Crippen molar-refractivity contribution in [1.29, 1.82) is 0 Å². The van der Waals surface area contributed by atoms with Crippen LogP contribution in [0.4, 0.5) is 0 Å². The maximum absolute atomic E-state index is 11.1. The molecule has 0 saturated heterocycles. The van der Waals surface area contributed by atoms with Gasteiger partial charge in [0.1, 0.15) is 4.88 Å². The Morgan fingerprint density at radius 1 is 1.64 bits per heavy atom. The molecule has 0 bridgehead atoms. The highest BCUT2D eigenvalue weighted by atomic mass is 32.1. The molecule has 0 aliphatic heterocycles. The van der Waals surface area contributed by atoms with Crippen molar-refractivity contribution in [3.63, 3.8) is 0 Å². The van der Waals surface area contributed by atoms with E-state index in [0.717, 1.165) is 0 Å². The number of hydrogen-bond acceptors (Lipinski definition) is 5. The van der Waals surface area contributed by atoms with Crippen LogP contribution in [-0.4, -0.2) is 10.9 Å². The van der Waals surface area contributed by atoms with Crippen molar-refractivity contribution in [2.45, 2.75) is 0 Å². The van der Waals surface area contributed by atoms with E-state index in [1.54, 1.807) is 18.4 Å². The van der Waals surface area contributed by atoms with E-state index in [4.69, 9.17) is 10.3 Å². The summed E-state index contributed by atoms with van der Waals surface area (Å²) in [7, 11) is 0. The molecule has 1 amide bonds. The first kappa shape index (κ1) is 8.92. The molecule has 0 aliphatic rings. The maximum atomic E-state index is 11.1. The fourth-order valence-electron chi connectivity index (χ4n) is 0.964. The van der Waals surface area contributed by atoms with Gasteiger partial charge in [-0.05, 0) is 12.1 Å². The molecule has 0 atom stereocenters. The standard InChI is InChI=1S/C8H7N3O2S/c9-11-7(12)6-4-10-8(14-6)5-2-1-3-13-5/h1-4H,9H2,(H,11,12). The monoisotopic (exact) mass is 209 g/mol. The molecule has 2 aromatic heterocycles. The number of nitrogens with two attached hydrogens (primary N) is 1. The van der Waals surface area contributed by atoms with Gasteiger partial charge >= 0.3 is 0 Å². The number of furan rings is 1. The molecule has 2 aromatic rings. The molecule has 0 radical (unpaired) electrons. The Kier molecular flexibility index (Phi) is 2.30. The minimum Gasteiger partial charge on any atom is -0.462 e. The van der Waals surface area contributed by atoms with Crippen molar-refractivity contribution in [2.75, 3.05) is 0 Å². The number of amides is 1. The predicted octanol–water partition coefficient (Wildman–Crippen LogP) is 1.01. The van der Waals surface area contributed by atoms with Crippen LogP contribution in [0.2, 0.25) is 0 Å². The Balaban J connectivity index is 2.31. The number of thiazole rings is 1. The highest BCUT2D eigenvalue weighted by Crippen LogP contribution is 2.24. The quantitative estimate of drug-likeness (QED) is 0.439. The number of carbonyl (C=O) groups excluding carboxylic acids is 1. The lowest BCUT2D eigenvalue weighted by atomic mass is 10.5. The van der Waals surface area contributed by atoms with Crippen LogP contribution in [0.3, 0.4) is 0 Å². The second kappa shape index (κ2) is 3.60. The summed E-state index contributed by atoms with van der Waals surface area (Å²) >= 11 is 1.23. The number of rotatable bonds is 2. The van der Waals surface area contributed by atoms with Crippen LogP contribution in [0, 0.1) is 0 Å². The zero-order valence-electron chi connectivity index (χ0n) is 7.06. The zero-order valence-corrected chi connectivity index (χ0v) is 7.88. The fraction of sp³-hybridized carbons (Fsp3) is 0. The molecular formula is C8H7N3O2S. The Morgan fingerprint density at radius 3 is 3.14 bits per heavy atom. The molecule has 6 heteroatoms. The molecule has 2 rings (SSSR count). The van der Waals surface area contributed by atoms with Crippen LogP contribution in [0.5, 0.6) is 0 Å². The van der Waals surface area contributed by atoms with Gasteiger partial charge in [-0.2, -0.15) is 0 Å². The van der Waals surface area contributed by atoms with Gasteiger partial charge in [0, 0.05) is 0 Å². The maximum Gasteiger partial charge on any atom is 0.276 e. The highest BCUT2D eigenvalue weighted by molar-refractivity contribution is 7.16. The number of nitrogens with one attached hydrogen (secondary N) is 1. The number of hydrazine groups is 1. The molecule has 0 spiro atoms. The van der Waals surface area contributed by atoms with Crippen molar-refractivity contribution in [1.82, 2.24) is 10.4 Å². The SMILES string of the molecule is NNC(=O)c1cnc(-c2ccco2)s1. The van der Waals surface area contributed by atoms with E-state index in [9.17, 15) is 4.79 Å². The molecule has 2 heterocycles. The van der Waals surface area contributed by atoms with Crippen molar-refractivity contribution < 1.29 is 9.21 Å². The van der Waals surface area contributed by atoms with E-state index < -0.39 is 0 Å². The van der Waals surface area contributed by atoms with Crippen LogP contribution >= 0.6 is 11.3 Å². The van der Waals surface area contributed by atoms with E-state index >= 15 is 0 Å². The summed E-state index contributed by atoms with van der Waals surface area (Å²) in [4.78, 5) is 15.6. The van der Waals surface area contributed by atoms with Gasteiger partial charge in [0.2, 0.25) is 0 Å². The normalized spacial score (nSPS) is 10.1. The van der Waals surface area contributed by atoms with Crippen LogP contribution < -0.4 is 11.3 Å². The number of nitrogen functional groups attached to an aromatic ring is 1. The first-order valence-corrected chi connectivity index (χ1v) is 4.63. The summed E-state index contributed by atoms with van der Waals surface area (Å²) in [5.41, 5.74) is 2.04. The Hall–Kier alpha value is -1.66. The van der Waals surface area contributed by atoms with E-state index in [1.165, 1.54) is 17.5 Å². The van der Waals surface area contributed by atoms with Gasteiger partial charge in [0.05, 0.1) is 12.5 Å². The topological polar surface area (TPSA) is 81.1 Å². The summed E-state index contributed by atoms with van der Waals surface area (Å²) in [6.45, 7) is 0. The largest absolute Gasteiger partial charge is 0.462 e. The molecular weight excluding hydrogens is 202 g/mol. The zero-order chi connectivity index (χ0) is 9.97. The van der Waals surface area contributed by atoms with Gasteiger partial charge < -0.3 is 4.42 Å². The Morgan fingerprint density at radius 2 is 2.50 bits per heavy atom. The smallest absolute Gasteiger partial charge is 0.276 e. The first-order chi connectivity index (χ1) is 6.81. The summed E-state index contributed by atoms with van der Waals surface area (Å²) in [6.07, 6.45) is 3.02. The summed E-state index contributed by atoms with van der Waals surface area (Å²) in [6, 6.07) is 3.54. The first-order valence-electron chi connectivity index (χ1n) is 3.82. The molecule has 5 nitrogen and oxygen atoms in total. The number of hydrogen-bond donors (Lipinski definition) is 2. The Bertz CT molecular complexity index is 435. The van der Waals surface area contributed by atoms with Gasteiger partial charge in [0.15, 0.2) is 10.8 Å². The fourth-order valence-corrected chi connectivity index (χ4v) is 1.75. The van der Waals surface area contributed by atoms with Gasteiger partial charge in [0.25, 0.3) is 5.91 Å². The molecule has 0 unspecified atom stereocenters. The van der Waals surface area contributed by atoms with Crippen LogP contribution in [0.25, 0.3) is 10.8 Å². The van der Waals surface area contributed by atoms with Crippen molar-refractivity contribution >= 4 is 17.2 Å². The van der Waals surface area contributed by atoms with E-state index in [1.807, 2.05) is 5.43 Å². The molecule has 0 saturated carbocycles. The van der Waals surface area contributed by atoms with Crippen molar-refractivity contribution in [3.05, 3.63) is 29.5 Å². The third kappa shape index (κ3) is 1.52. The minimum atomic E-state index is -0.347. The molecule has 14 heavy (non-hydrogen) atoms.